The van der Waals surface area contributed by atoms with Crippen LogP contribution in [0, 0.1) is 6.92 Å². The van der Waals surface area contributed by atoms with Gasteiger partial charge in [0.25, 0.3) is 5.91 Å². The molecule has 0 spiro atoms. The highest BCUT2D eigenvalue weighted by molar-refractivity contribution is 6.00. The van der Waals surface area contributed by atoms with Gasteiger partial charge in [0.2, 0.25) is 0 Å². The molecule has 0 aliphatic carbocycles. The average molecular weight is 345 g/mol. The van der Waals surface area contributed by atoms with Crippen molar-refractivity contribution in [2.75, 3.05) is 18.4 Å². The summed E-state index contributed by atoms with van der Waals surface area (Å²) < 4.78 is 0. The van der Waals surface area contributed by atoms with Gasteiger partial charge < -0.3 is 15.6 Å². The number of H-pyrrole nitrogens is 1. The molecule has 130 valence electrons. The van der Waals surface area contributed by atoms with Crippen LogP contribution >= 0.6 is 0 Å². The second-order valence-electron chi connectivity index (χ2n) is 6.84. The van der Waals surface area contributed by atoms with E-state index >= 15 is 0 Å². The van der Waals surface area contributed by atoms with E-state index in [0.717, 1.165) is 51.5 Å². The van der Waals surface area contributed by atoms with Crippen LogP contribution in [-0.2, 0) is 0 Å². The molecular weight excluding hydrogens is 326 g/mol. The predicted octanol–water partition coefficient (Wildman–Crippen LogP) is 3.13. The maximum atomic E-state index is 12.3. The highest BCUT2D eigenvalue weighted by Gasteiger charge is 2.28. The second kappa shape index (κ2) is 5.69. The van der Waals surface area contributed by atoms with Crippen molar-refractivity contribution >= 4 is 22.8 Å². The van der Waals surface area contributed by atoms with Gasteiger partial charge in [0, 0.05) is 36.0 Å². The van der Waals surface area contributed by atoms with Crippen molar-refractivity contribution in [1.82, 2.24) is 20.3 Å². The summed E-state index contributed by atoms with van der Waals surface area (Å²) in [7, 11) is 0. The zero-order valence-electron chi connectivity index (χ0n) is 14.5. The third kappa shape index (κ3) is 2.29. The summed E-state index contributed by atoms with van der Waals surface area (Å²) in [6.07, 6.45) is 5.14. The number of amides is 1. The molecule has 2 aromatic heterocycles. The van der Waals surface area contributed by atoms with Gasteiger partial charge in [0.15, 0.2) is 0 Å². The first-order chi connectivity index (χ1) is 12.7. The minimum Gasteiger partial charge on any atom is -0.365 e. The van der Waals surface area contributed by atoms with Crippen LogP contribution in [0.4, 0.5) is 5.82 Å². The van der Waals surface area contributed by atoms with E-state index in [1.54, 1.807) is 0 Å². The number of para-hydroxylation sites is 1. The standard InChI is InChI=1S/C20H19N5O/c1-11-19-21-8-3-2-5-12-10-22-20(26)14-9-16(24-17(12)14)13-6-4-7-15(23-11)18(13)25-19/h2-4,6-7,9,12,24H,5,8,10H2,1H3,(H,21,25)(H,22,26)/b3-2-/t12-/m1/s1. The zero-order chi connectivity index (χ0) is 17.7. The van der Waals surface area contributed by atoms with Crippen molar-refractivity contribution in [2.45, 2.75) is 19.3 Å². The van der Waals surface area contributed by atoms with E-state index in [4.69, 9.17) is 9.97 Å². The second-order valence-corrected chi connectivity index (χ2v) is 6.84. The summed E-state index contributed by atoms with van der Waals surface area (Å²) in [4.78, 5) is 25.4. The SMILES string of the molecule is Cc1nc2cccc3c2nc1NC/C=C\C[C@@H]1CNC(=O)c2cc-3[nH]c21. The number of aromatic nitrogens is 3. The first-order valence-electron chi connectivity index (χ1n) is 8.88. The van der Waals surface area contributed by atoms with Crippen molar-refractivity contribution < 1.29 is 4.79 Å². The number of benzene rings is 1. The van der Waals surface area contributed by atoms with Crippen LogP contribution in [0.1, 0.15) is 34.1 Å². The molecule has 4 bridgehead atoms. The van der Waals surface area contributed by atoms with Crippen molar-refractivity contribution in [1.29, 1.82) is 0 Å². The first-order valence-corrected chi connectivity index (χ1v) is 8.88. The van der Waals surface area contributed by atoms with E-state index in [-0.39, 0.29) is 11.8 Å². The molecule has 5 rings (SSSR count). The zero-order valence-corrected chi connectivity index (χ0v) is 14.5. The number of aromatic amines is 1. The summed E-state index contributed by atoms with van der Waals surface area (Å²) >= 11 is 0. The number of fused-ring (bicyclic) bond motifs is 3. The molecule has 0 saturated heterocycles. The number of nitrogens with one attached hydrogen (secondary N) is 3. The number of nitrogens with zero attached hydrogens (tertiary/aromatic N) is 2. The minimum absolute atomic E-state index is 0.0145. The van der Waals surface area contributed by atoms with Crippen molar-refractivity contribution in [3.63, 3.8) is 0 Å². The maximum absolute atomic E-state index is 12.3. The predicted molar refractivity (Wildman–Crippen MR) is 101 cm³/mol. The first kappa shape index (κ1) is 15.1. The van der Waals surface area contributed by atoms with E-state index in [1.165, 1.54) is 0 Å². The fourth-order valence-corrected chi connectivity index (χ4v) is 3.79. The molecule has 6 heteroatoms. The lowest BCUT2D eigenvalue weighted by molar-refractivity contribution is 0.0940. The molecule has 1 atom stereocenters. The molecule has 0 fully saturated rings. The van der Waals surface area contributed by atoms with Gasteiger partial charge in [-0.2, -0.15) is 0 Å². The molecule has 6 nitrogen and oxygen atoms in total. The molecule has 3 N–H and O–H groups in total. The summed E-state index contributed by atoms with van der Waals surface area (Å²) in [5.74, 6) is 1.03. The Labute approximate surface area is 150 Å². The highest BCUT2D eigenvalue weighted by Crippen LogP contribution is 2.34. The van der Waals surface area contributed by atoms with Crippen molar-refractivity contribution in [2.24, 2.45) is 0 Å². The largest absolute Gasteiger partial charge is 0.365 e. The number of rotatable bonds is 0. The third-order valence-corrected chi connectivity index (χ3v) is 5.14. The Balaban J connectivity index is 1.79. The lowest BCUT2D eigenvalue weighted by Crippen LogP contribution is -2.34. The van der Waals surface area contributed by atoms with Crippen molar-refractivity contribution in [3.8, 4) is 11.3 Å². The number of carbonyl (C=O) groups is 1. The summed E-state index contributed by atoms with van der Waals surface area (Å²) in [6.45, 7) is 3.32. The van der Waals surface area contributed by atoms with E-state index in [1.807, 2.05) is 31.2 Å². The Kier molecular flexibility index (Phi) is 3.31. The number of hydrogen-bond donors (Lipinski definition) is 3. The van der Waals surface area contributed by atoms with Crippen LogP contribution in [0.5, 0.6) is 0 Å². The van der Waals surface area contributed by atoms with Crippen LogP contribution in [0.2, 0.25) is 0 Å². The van der Waals surface area contributed by atoms with E-state index < -0.39 is 0 Å². The highest BCUT2D eigenvalue weighted by atomic mass is 16.1. The molecule has 3 aromatic rings. The number of anilines is 1. The molecule has 0 radical (unpaired) electrons. The molecule has 2 aliphatic rings. The van der Waals surface area contributed by atoms with E-state index in [9.17, 15) is 4.79 Å². The number of allylic oxidation sites excluding steroid dienone is 1. The van der Waals surface area contributed by atoms with Crippen LogP contribution in [-0.4, -0.2) is 33.9 Å². The van der Waals surface area contributed by atoms with Gasteiger partial charge in [-0.1, -0.05) is 24.3 Å². The number of hydrogen-bond acceptors (Lipinski definition) is 4. The van der Waals surface area contributed by atoms with Gasteiger partial charge in [0.05, 0.1) is 16.8 Å². The Hall–Kier alpha value is -3.15. The number of carbonyl (C=O) groups excluding carboxylic acids is 1. The maximum Gasteiger partial charge on any atom is 0.253 e. The molecule has 1 aromatic carbocycles. The van der Waals surface area contributed by atoms with Crippen LogP contribution < -0.4 is 10.6 Å². The van der Waals surface area contributed by atoms with Crippen LogP contribution in [0.3, 0.4) is 0 Å². The normalized spacial score (nSPS) is 19.9. The van der Waals surface area contributed by atoms with Gasteiger partial charge in [-0.15, -0.1) is 0 Å². The van der Waals surface area contributed by atoms with Gasteiger partial charge in [0.1, 0.15) is 11.3 Å². The summed E-state index contributed by atoms with van der Waals surface area (Å²) in [6, 6.07) is 7.92. The topological polar surface area (TPSA) is 82.7 Å². The van der Waals surface area contributed by atoms with Crippen molar-refractivity contribution in [3.05, 3.63) is 53.4 Å². The van der Waals surface area contributed by atoms with Gasteiger partial charge in [-0.25, -0.2) is 9.97 Å². The lowest BCUT2D eigenvalue weighted by atomic mass is 9.94. The summed E-state index contributed by atoms with van der Waals surface area (Å²) in [5, 5.41) is 6.36. The van der Waals surface area contributed by atoms with Crippen LogP contribution in [0.25, 0.3) is 22.3 Å². The Morgan fingerprint density at radius 2 is 2.04 bits per heavy atom. The molecule has 4 heterocycles. The van der Waals surface area contributed by atoms with Gasteiger partial charge >= 0.3 is 0 Å². The quantitative estimate of drug-likeness (QED) is 0.547. The van der Waals surface area contributed by atoms with E-state index in [0.29, 0.717) is 13.1 Å². The fourth-order valence-electron chi connectivity index (χ4n) is 3.79. The lowest BCUT2D eigenvalue weighted by Gasteiger charge is -2.21. The van der Waals surface area contributed by atoms with Gasteiger partial charge in [-0.3, -0.25) is 4.79 Å². The Morgan fingerprint density at radius 3 is 2.96 bits per heavy atom. The Bertz CT molecular complexity index is 1070. The molecule has 0 saturated carbocycles. The average Bonchev–Trinajstić information content (AvgIpc) is 3.09. The summed E-state index contributed by atoms with van der Waals surface area (Å²) in [5.41, 5.74) is 6.18. The molecule has 2 aliphatic heterocycles. The molecule has 1 amide bonds. The molecule has 0 unspecified atom stereocenters. The number of aryl methyl sites for hydroxylation is 1. The van der Waals surface area contributed by atoms with Crippen LogP contribution in [0.15, 0.2) is 36.4 Å². The smallest absolute Gasteiger partial charge is 0.253 e. The Morgan fingerprint density at radius 1 is 1.12 bits per heavy atom. The fraction of sp³-hybridized carbons (Fsp3) is 0.250. The molecule has 26 heavy (non-hydrogen) atoms. The van der Waals surface area contributed by atoms with Gasteiger partial charge in [-0.05, 0) is 25.5 Å². The molecular formula is C20H19N5O. The minimum atomic E-state index is -0.0145. The monoisotopic (exact) mass is 345 g/mol. The third-order valence-electron chi connectivity index (χ3n) is 5.14. The van der Waals surface area contributed by atoms with E-state index in [2.05, 4.69) is 27.8 Å².